The van der Waals surface area contributed by atoms with Crippen LogP contribution in [0.1, 0.15) is 24.8 Å². The van der Waals surface area contributed by atoms with Gasteiger partial charge in [-0.15, -0.1) is 0 Å². The Morgan fingerprint density at radius 1 is 1.03 bits per heavy atom. The van der Waals surface area contributed by atoms with Gasteiger partial charge >= 0.3 is 6.18 Å². The van der Waals surface area contributed by atoms with Gasteiger partial charge in [0.05, 0.1) is 19.2 Å². The molecule has 4 rings (SSSR count). The van der Waals surface area contributed by atoms with Crippen molar-refractivity contribution in [2.75, 3.05) is 41.3 Å². The number of rotatable bonds is 6. The summed E-state index contributed by atoms with van der Waals surface area (Å²) < 4.78 is 65.7. The van der Waals surface area contributed by atoms with E-state index < -0.39 is 24.9 Å². The Balaban J connectivity index is 1.51. The fourth-order valence-electron chi connectivity index (χ4n) is 4.16. The monoisotopic (exact) mass is 471 g/mol. The van der Waals surface area contributed by atoms with Crippen molar-refractivity contribution in [3.8, 4) is 0 Å². The summed E-state index contributed by atoms with van der Waals surface area (Å²) in [5.74, 6) is 0.234. The molecular weight excluding hydrogens is 445 g/mol. The van der Waals surface area contributed by atoms with Gasteiger partial charge in [-0.25, -0.2) is 13.8 Å². The number of nitrogens with zero attached hydrogens (tertiary/aromatic N) is 4. The van der Waals surface area contributed by atoms with Crippen LogP contribution in [0.3, 0.4) is 0 Å². The minimum absolute atomic E-state index is 0.110. The second kappa shape index (κ2) is 9.66. The molecule has 0 aliphatic carbocycles. The molecule has 6 nitrogen and oxygen atoms in total. The molecule has 3 heterocycles. The molecule has 2 saturated heterocycles. The minimum Gasteiger partial charge on any atom is -0.391 e. The number of β-amino-alcohol motifs (C(OH)–C–C–N with tert-alkyl or cyclic N) is 1. The van der Waals surface area contributed by atoms with Crippen LogP contribution < -0.4 is 15.1 Å². The molecule has 2 N–H and O–H groups in total. The van der Waals surface area contributed by atoms with Crippen LogP contribution in [-0.4, -0.2) is 65.9 Å². The summed E-state index contributed by atoms with van der Waals surface area (Å²) in [7, 11) is 0. The number of aliphatic hydroxyl groups excluding tert-OH is 1. The number of anilines is 4. The van der Waals surface area contributed by atoms with E-state index in [0.717, 1.165) is 25.1 Å². The summed E-state index contributed by atoms with van der Waals surface area (Å²) in [4.78, 5) is 11.8. The standard InChI is InChI=1S/C22H26F5N5O/c23-18-12-32(13-19(18)24)20-14(7-8-22(25,26)27)10-28-21(30-20)29-15-3-5-16(6-4-15)31-9-1-2-17(33)11-31/h3-6,10,17-19,33H,1-2,7-9,11-13H2,(H,28,29,30)/t17?,18-,19-/m0/s1. The molecule has 33 heavy (non-hydrogen) atoms. The molecule has 11 heteroatoms. The van der Waals surface area contributed by atoms with E-state index in [4.69, 9.17) is 0 Å². The summed E-state index contributed by atoms with van der Waals surface area (Å²) in [5.41, 5.74) is 1.81. The average Bonchev–Trinajstić information content (AvgIpc) is 3.11. The Kier molecular flexibility index (Phi) is 6.87. The van der Waals surface area contributed by atoms with Gasteiger partial charge < -0.3 is 20.2 Å². The minimum atomic E-state index is -4.36. The molecular formula is C22H26F5N5O. The van der Waals surface area contributed by atoms with E-state index in [2.05, 4.69) is 20.2 Å². The first-order valence-electron chi connectivity index (χ1n) is 10.9. The van der Waals surface area contributed by atoms with Crippen molar-refractivity contribution >= 4 is 23.1 Å². The predicted octanol–water partition coefficient (Wildman–Crippen LogP) is 4.17. The van der Waals surface area contributed by atoms with Crippen molar-refractivity contribution in [3.05, 3.63) is 36.0 Å². The smallest absolute Gasteiger partial charge is 0.389 e. The van der Waals surface area contributed by atoms with Crippen molar-refractivity contribution in [2.24, 2.45) is 0 Å². The number of hydrogen-bond donors (Lipinski definition) is 2. The highest BCUT2D eigenvalue weighted by Gasteiger charge is 2.35. The number of halogens is 5. The highest BCUT2D eigenvalue weighted by atomic mass is 19.4. The SMILES string of the molecule is OC1CCCN(c2ccc(Nc3ncc(CCC(F)(F)F)c(N4C[C@H](F)[C@@H](F)C4)n3)cc2)C1. The Labute approximate surface area is 188 Å². The zero-order valence-corrected chi connectivity index (χ0v) is 17.9. The number of aryl methyl sites for hydroxylation is 1. The van der Waals surface area contributed by atoms with E-state index in [9.17, 15) is 27.1 Å². The molecule has 0 saturated carbocycles. The largest absolute Gasteiger partial charge is 0.391 e. The summed E-state index contributed by atoms with van der Waals surface area (Å²) in [6, 6.07) is 7.39. The van der Waals surface area contributed by atoms with E-state index in [0.29, 0.717) is 12.2 Å². The van der Waals surface area contributed by atoms with E-state index in [-0.39, 0.29) is 42.9 Å². The molecule has 0 amide bonds. The van der Waals surface area contributed by atoms with Gasteiger partial charge in [0, 0.05) is 42.6 Å². The molecule has 0 radical (unpaired) electrons. The Morgan fingerprint density at radius 3 is 2.36 bits per heavy atom. The Morgan fingerprint density at radius 2 is 1.73 bits per heavy atom. The lowest BCUT2D eigenvalue weighted by Gasteiger charge is -2.32. The number of alkyl halides is 5. The second-order valence-corrected chi connectivity index (χ2v) is 8.51. The van der Waals surface area contributed by atoms with Gasteiger partial charge in [0.15, 0.2) is 12.3 Å². The van der Waals surface area contributed by atoms with Crippen LogP contribution >= 0.6 is 0 Å². The van der Waals surface area contributed by atoms with Crippen LogP contribution in [0.15, 0.2) is 30.5 Å². The maximum atomic E-state index is 13.7. The average molecular weight is 471 g/mol. The van der Waals surface area contributed by atoms with Crippen LogP contribution in [0.25, 0.3) is 0 Å². The first-order valence-corrected chi connectivity index (χ1v) is 10.9. The Hall–Kier alpha value is -2.69. The highest BCUT2D eigenvalue weighted by Crippen LogP contribution is 2.30. The van der Waals surface area contributed by atoms with Gasteiger partial charge in [-0.3, -0.25) is 0 Å². The van der Waals surface area contributed by atoms with E-state index in [1.165, 1.54) is 11.1 Å². The van der Waals surface area contributed by atoms with Crippen molar-refractivity contribution in [3.63, 3.8) is 0 Å². The maximum Gasteiger partial charge on any atom is 0.389 e. The van der Waals surface area contributed by atoms with Gasteiger partial charge in [0.2, 0.25) is 5.95 Å². The van der Waals surface area contributed by atoms with Crippen molar-refractivity contribution in [1.82, 2.24) is 9.97 Å². The lowest BCUT2D eigenvalue weighted by molar-refractivity contribution is -0.133. The van der Waals surface area contributed by atoms with Gasteiger partial charge in [-0.1, -0.05) is 0 Å². The lowest BCUT2D eigenvalue weighted by Crippen LogP contribution is -2.38. The van der Waals surface area contributed by atoms with Gasteiger partial charge in [-0.05, 0) is 43.5 Å². The fourth-order valence-corrected chi connectivity index (χ4v) is 4.16. The third kappa shape index (κ3) is 6.01. The van der Waals surface area contributed by atoms with Gasteiger partial charge in [0.1, 0.15) is 5.82 Å². The second-order valence-electron chi connectivity index (χ2n) is 8.51. The number of aromatic nitrogens is 2. The molecule has 2 aliphatic rings. The first kappa shape index (κ1) is 23.5. The maximum absolute atomic E-state index is 13.7. The van der Waals surface area contributed by atoms with Crippen LogP contribution in [0.2, 0.25) is 0 Å². The molecule has 2 aromatic rings. The quantitative estimate of drug-likeness (QED) is 0.617. The number of nitrogens with one attached hydrogen (secondary N) is 1. The number of piperidine rings is 1. The first-order chi connectivity index (χ1) is 15.7. The third-order valence-corrected chi connectivity index (χ3v) is 5.89. The molecule has 3 atom stereocenters. The molecule has 0 bridgehead atoms. The third-order valence-electron chi connectivity index (χ3n) is 5.89. The molecule has 0 spiro atoms. The van der Waals surface area contributed by atoms with Crippen molar-refractivity contribution < 1.29 is 27.1 Å². The number of hydrogen-bond acceptors (Lipinski definition) is 6. The molecule has 2 fully saturated rings. The van der Waals surface area contributed by atoms with Gasteiger partial charge in [-0.2, -0.15) is 18.2 Å². The number of aliphatic hydroxyl groups is 1. The van der Waals surface area contributed by atoms with Crippen molar-refractivity contribution in [2.45, 2.75) is 50.3 Å². The van der Waals surface area contributed by atoms with Crippen LogP contribution in [0.5, 0.6) is 0 Å². The fraction of sp³-hybridized carbons (Fsp3) is 0.545. The number of benzene rings is 1. The van der Waals surface area contributed by atoms with E-state index in [1.807, 2.05) is 24.3 Å². The zero-order valence-electron chi connectivity index (χ0n) is 17.9. The van der Waals surface area contributed by atoms with Gasteiger partial charge in [0.25, 0.3) is 0 Å². The highest BCUT2D eigenvalue weighted by molar-refractivity contribution is 5.61. The topological polar surface area (TPSA) is 64.5 Å². The molecule has 1 aromatic carbocycles. The molecule has 1 unspecified atom stereocenters. The van der Waals surface area contributed by atoms with E-state index in [1.54, 1.807) is 0 Å². The van der Waals surface area contributed by atoms with Crippen molar-refractivity contribution in [1.29, 1.82) is 0 Å². The summed E-state index contributed by atoms with van der Waals surface area (Å²) in [5, 5.41) is 12.9. The lowest BCUT2D eigenvalue weighted by atomic mass is 10.1. The normalized spacial score (nSPS) is 23.8. The summed E-state index contributed by atoms with van der Waals surface area (Å²) in [6.07, 6.45) is -6.62. The predicted molar refractivity (Wildman–Crippen MR) is 116 cm³/mol. The van der Waals surface area contributed by atoms with E-state index >= 15 is 0 Å². The summed E-state index contributed by atoms with van der Waals surface area (Å²) >= 11 is 0. The zero-order chi connectivity index (χ0) is 23.6. The summed E-state index contributed by atoms with van der Waals surface area (Å²) in [6.45, 7) is 0.885. The van der Waals surface area contributed by atoms with Crippen LogP contribution in [0.4, 0.5) is 45.1 Å². The van der Waals surface area contributed by atoms with Crippen LogP contribution in [-0.2, 0) is 6.42 Å². The van der Waals surface area contributed by atoms with Crippen LogP contribution in [0, 0.1) is 0 Å². The molecule has 180 valence electrons. The molecule has 2 aliphatic heterocycles. The Bertz CT molecular complexity index is 932. The molecule has 1 aromatic heterocycles.